The van der Waals surface area contributed by atoms with Gasteiger partial charge in [0.15, 0.2) is 0 Å². The van der Waals surface area contributed by atoms with Crippen LogP contribution in [0.15, 0.2) is 35.7 Å². The van der Waals surface area contributed by atoms with Crippen molar-refractivity contribution in [2.45, 2.75) is 25.3 Å². The van der Waals surface area contributed by atoms with Crippen molar-refractivity contribution in [1.29, 1.82) is 0 Å². The van der Waals surface area contributed by atoms with E-state index in [4.69, 9.17) is 17.4 Å². The van der Waals surface area contributed by atoms with E-state index in [-0.39, 0.29) is 11.9 Å². The molecule has 1 heterocycles. The number of hydrogen-bond donors (Lipinski definition) is 2. The van der Waals surface area contributed by atoms with Gasteiger partial charge >= 0.3 is 0 Å². The maximum atomic E-state index is 13.3. The van der Waals surface area contributed by atoms with E-state index >= 15 is 0 Å². The molecule has 0 spiro atoms. The normalized spacial score (nSPS) is 12.6. The van der Waals surface area contributed by atoms with Gasteiger partial charge in [-0.15, -0.1) is 11.3 Å². The Hall–Kier alpha value is -0.940. The molecule has 102 valence electrons. The van der Waals surface area contributed by atoms with Crippen LogP contribution in [0.25, 0.3) is 0 Å². The molecular formula is C14H16ClFN2S. The summed E-state index contributed by atoms with van der Waals surface area (Å²) in [7, 11) is 0. The van der Waals surface area contributed by atoms with E-state index in [1.165, 1.54) is 17.0 Å². The van der Waals surface area contributed by atoms with Crippen molar-refractivity contribution in [2.75, 3.05) is 0 Å². The molecule has 2 nitrogen and oxygen atoms in total. The predicted molar refractivity (Wildman–Crippen MR) is 78.7 cm³/mol. The fourth-order valence-corrected chi connectivity index (χ4v) is 3.05. The molecule has 2 rings (SSSR count). The Labute approximate surface area is 121 Å². The zero-order chi connectivity index (χ0) is 13.7. The number of nitrogens with two attached hydrogens (primary N) is 1. The lowest BCUT2D eigenvalue weighted by atomic mass is 10.0. The van der Waals surface area contributed by atoms with Crippen LogP contribution in [0, 0.1) is 5.82 Å². The number of aryl methyl sites for hydroxylation is 1. The summed E-state index contributed by atoms with van der Waals surface area (Å²) in [5, 5.41) is 2.61. The maximum Gasteiger partial charge on any atom is 0.123 e. The molecule has 5 heteroatoms. The highest BCUT2D eigenvalue weighted by molar-refractivity contribution is 7.09. The van der Waals surface area contributed by atoms with E-state index in [1.807, 2.05) is 6.07 Å². The fourth-order valence-electron chi connectivity index (χ4n) is 2.05. The Balaban J connectivity index is 1.97. The summed E-state index contributed by atoms with van der Waals surface area (Å²) in [6.45, 7) is 0. The quantitative estimate of drug-likeness (QED) is 0.623. The van der Waals surface area contributed by atoms with Gasteiger partial charge in [-0.25, -0.2) is 4.39 Å². The monoisotopic (exact) mass is 298 g/mol. The molecule has 0 fully saturated rings. The Morgan fingerprint density at radius 3 is 2.89 bits per heavy atom. The van der Waals surface area contributed by atoms with E-state index in [9.17, 15) is 4.39 Å². The van der Waals surface area contributed by atoms with Crippen LogP contribution in [0.1, 0.15) is 29.3 Å². The second-order valence-electron chi connectivity index (χ2n) is 4.36. The van der Waals surface area contributed by atoms with Gasteiger partial charge in [0.2, 0.25) is 0 Å². The predicted octanol–water partition coefficient (Wildman–Crippen LogP) is 4.07. The number of halogens is 2. The SMILES string of the molecule is NNC(CCCc1cccs1)c1cc(F)ccc1Cl. The van der Waals surface area contributed by atoms with Crippen molar-refractivity contribution in [3.8, 4) is 0 Å². The number of hydrazine groups is 1. The molecule has 1 aromatic carbocycles. The minimum atomic E-state index is -0.294. The number of hydrogen-bond acceptors (Lipinski definition) is 3. The van der Waals surface area contributed by atoms with Crippen LogP contribution in [0.5, 0.6) is 0 Å². The molecule has 0 amide bonds. The third-order valence-electron chi connectivity index (χ3n) is 3.03. The number of rotatable bonds is 6. The van der Waals surface area contributed by atoms with E-state index in [0.29, 0.717) is 5.02 Å². The molecule has 0 aliphatic carbocycles. The third kappa shape index (κ3) is 4.01. The van der Waals surface area contributed by atoms with Gasteiger partial charge in [0.05, 0.1) is 0 Å². The summed E-state index contributed by atoms with van der Waals surface area (Å²) in [5.41, 5.74) is 3.44. The lowest BCUT2D eigenvalue weighted by Crippen LogP contribution is -2.28. The Morgan fingerprint density at radius 1 is 1.37 bits per heavy atom. The van der Waals surface area contributed by atoms with Gasteiger partial charge in [0, 0.05) is 15.9 Å². The third-order valence-corrected chi connectivity index (χ3v) is 4.31. The molecule has 2 aromatic rings. The average Bonchev–Trinajstić information content (AvgIpc) is 2.91. The molecule has 0 radical (unpaired) electrons. The van der Waals surface area contributed by atoms with Crippen molar-refractivity contribution in [3.05, 3.63) is 57.0 Å². The lowest BCUT2D eigenvalue weighted by molar-refractivity contribution is 0.496. The molecule has 3 N–H and O–H groups in total. The summed E-state index contributed by atoms with van der Waals surface area (Å²) < 4.78 is 13.3. The topological polar surface area (TPSA) is 38.0 Å². The van der Waals surface area contributed by atoms with Crippen LogP contribution in [-0.4, -0.2) is 0 Å². The second-order valence-corrected chi connectivity index (χ2v) is 5.80. The summed E-state index contributed by atoms with van der Waals surface area (Å²) >= 11 is 7.83. The highest BCUT2D eigenvalue weighted by Crippen LogP contribution is 2.27. The molecule has 0 bridgehead atoms. The molecule has 0 saturated carbocycles. The highest BCUT2D eigenvalue weighted by atomic mass is 35.5. The van der Waals surface area contributed by atoms with Crippen molar-refractivity contribution in [2.24, 2.45) is 5.84 Å². The van der Waals surface area contributed by atoms with E-state index < -0.39 is 0 Å². The van der Waals surface area contributed by atoms with Gasteiger partial charge in [-0.3, -0.25) is 11.3 Å². The van der Waals surface area contributed by atoms with Crippen molar-refractivity contribution in [3.63, 3.8) is 0 Å². The van der Waals surface area contributed by atoms with E-state index in [2.05, 4.69) is 16.9 Å². The van der Waals surface area contributed by atoms with Crippen molar-refractivity contribution >= 4 is 22.9 Å². The van der Waals surface area contributed by atoms with Crippen LogP contribution >= 0.6 is 22.9 Å². The van der Waals surface area contributed by atoms with Crippen LogP contribution in [0.2, 0.25) is 5.02 Å². The van der Waals surface area contributed by atoms with Gasteiger partial charge in [-0.1, -0.05) is 17.7 Å². The van der Waals surface area contributed by atoms with E-state index in [0.717, 1.165) is 24.8 Å². The second kappa shape index (κ2) is 7.01. The van der Waals surface area contributed by atoms with Gasteiger partial charge in [0.25, 0.3) is 0 Å². The van der Waals surface area contributed by atoms with Crippen molar-refractivity contribution in [1.82, 2.24) is 5.43 Å². The largest absolute Gasteiger partial charge is 0.271 e. The Bertz CT molecular complexity index is 516. The number of benzene rings is 1. The van der Waals surface area contributed by atoms with Gasteiger partial charge in [-0.2, -0.15) is 0 Å². The zero-order valence-corrected chi connectivity index (χ0v) is 12.0. The summed E-state index contributed by atoms with van der Waals surface area (Å²) in [4.78, 5) is 1.35. The zero-order valence-electron chi connectivity index (χ0n) is 10.4. The fraction of sp³-hybridized carbons (Fsp3) is 0.286. The smallest absolute Gasteiger partial charge is 0.123 e. The van der Waals surface area contributed by atoms with Crippen LogP contribution in [0.4, 0.5) is 4.39 Å². The van der Waals surface area contributed by atoms with Crippen LogP contribution in [0.3, 0.4) is 0 Å². The molecule has 1 aromatic heterocycles. The first kappa shape index (κ1) is 14.5. The molecular weight excluding hydrogens is 283 g/mol. The minimum Gasteiger partial charge on any atom is -0.271 e. The molecule has 1 unspecified atom stereocenters. The lowest BCUT2D eigenvalue weighted by Gasteiger charge is -2.17. The summed E-state index contributed by atoms with van der Waals surface area (Å²) in [6, 6.07) is 8.40. The van der Waals surface area contributed by atoms with Gasteiger partial charge < -0.3 is 0 Å². The van der Waals surface area contributed by atoms with Gasteiger partial charge in [0.1, 0.15) is 5.82 Å². The summed E-state index contributed by atoms with van der Waals surface area (Å²) in [6.07, 6.45) is 2.79. The van der Waals surface area contributed by atoms with Crippen LogP contribution in [-0.2, 0) is 6.42 Å². The molecule has 0 aliphatic heterocycles. The van der Waals surface area contributed by atoms with Crippen LogP contribution < -0.4 is 11.3 Å². The molecule has 19 heavy (non-hydrogen) atoms. The average molecular weight is 299 g/mol. The molecule has 1 atom stereocenters. The maximum absolute atomic E-state index is 13.3. The highest BCUT2D eigenvalue weighted by Gasteiger charge is 2.14. The number of thiophene rings is 1. The first-order chi connectivity index (χ1) is 9.20. The molecule has 0 aliphatic rings. The first-order valence-electron chi connectivity index (χ1n) is 6.14. The van der Waals surface area contributed by atoms with E-state index in [1.54, 1.807) is 17.4 Å². The summed E-state index contributed by atoms with van der Waals surface area (Å²) in [5.74, 6) is 5.26. The number of nitrogens with one attached hydrogen (secondary N) is 1. The standard InChI is InChI=1S/C14H16ClFN2S/c15-13-7-6-10(16)9-12(13)14(18-17)5-1-3-11-4-2-8-19-11/h2,4,6-9,14,18H,1,3,5,17H2. The first-order valence-corrected chi connectivity index (χ1v) is 7.40. The molecule has 0 saturated heterocycles. The minimum absolute atomic E-state index is 0.122. The Kier molecular flexibility index (Phi) is 5.34. The van der Waals surface area contributed by atoms with Crippen molar-refractivity contribution < 1.29 is 4.39 Å². The van der Waals surface area contributed by atoms with Gasteiger partial charge in [-0.05, 0) is 54.5 Å². The Morgan fingerprint density at radius 2 is 2.21 bits per heavy atom.